The van der Waals surface area contributed by atoms with Gasteiger partial charge in [0.15, 0.2) is 0 Å². The highest BCUT2D eigenvalue weighted by Crippen LogP contribution is 2.40. The highest BCUT2D eigenvalue weighted by Gasteiger charge is 2.37. The van der Waals surface area contributed by atoms with E-state index in [0.717, 1.165) is 0 Å². The van der Waals surface area contributed by atoms with Crippen LogP contribution in [-0.4, -0.2) is 23.5 Å². The molecule has 0 spiro atoms. The number of nitrogens with zero attached hydrogens (tertiary/aromatic N) is 1. The summed E-state index contributed by atoms with van der Waals surface area (Å²) in [4.78, 5) is 2.65. The quantitative estimate of drug-likeness (QED) is 0.822. The second kappa shape index (κ2) is 4.67. The molecule has 18 heavy (non-hydrogen) atoms. The van der Waals surface area contributed by atoms with Gasteiger partial charge in [-0.3, -0.25) is 4.90 Å². The van der Waals surface area contributed by atoms with Gasteiger partial charge in [-0.25, -0.2) is 0 Å². The minimum Gasteiger partial charge on any atom is -0.323 e. The van der Waals surface area contributed by atoms with Crippen LogP contribution >= 0.6 is 0 Å². The van der Waals surface area contributed by atoms with Crippen LogP contribution in [0.15, 0.2) is 24.3 Å². The molecule has 0 saturated carbocycles. The van der Waals surface area contributed by atoms with E-state index < -0.39 is 0 Å². The third kappa shape index (κ3) is 1.88. The second-order valence-electron chi connectivity index (χ2n) is 6.09. The zero-order chi connectivity index (χ0) is 12.7. The number of nitrogens with two attached hydrogens (primary N) is 1. The molecule has 1 aliphatic heterocycles. The lowest BCUT2D eigenvalue weighted by molar-refractivity contribution is 0.141. The minimum absolute atomic E-state index is 0.193. The maximum absolute atomic E-state index is 6.55. The molecule has 2 N–H and O–H groups in total. The van der Waals surface area contributed by atoms with Gasteiger partial charge in [0.1, 0.15) is 0 Å². The van der Waals surface area contributed by atoms with Crippen molar-refractivity contribution in [3.63, 3.8) is 0 Å². The molecule has 3 rings (SSSR count). The van der Waals surface area contributed by atoms with E-state index in [1.54, 1.807) is 0 Å². The normalized spacial score (nSPS) is 36.6. The third-order valence-electron chi connectivity index (χ3n) is 4.93. The monoisotopic (exact) mass is 244 g/mol. The first kappa shape index (κ1) is 12.2. The Morgan fingerprint density at radius 3 is 2.56 bits per heavy atom. The molecule has 2 nitrogen and oxygen atoms in total. The Hall–Kier alpha value is -0.860. The van der Waals surface area contributed by atoms with E-state index in [0.29, 0.717) is 18.0 Å². The molecule has 1 heterocycles. The van der Waals surface area contributed by atoms with Crippen molar-refractivity contribution >= 4 is 0 Å². The highest BCUT2D eigenvalue weighted by molar-refractivity contribution is 5.36. The molecule has 2 heteroatoms. The van der Waals surface area contributed by atoms with Gasteiger partial charge in [-0.1, -0.05) is 31.2 Å². The van der Waals surface area contributed by atoms with Crippen molar-refractivity contribution in [1.82, 2.24) is 4.90 Å². The number of rotatable bonds is 1. The summed E-state index contributed by atoms with van der Waals surface area (Å²) < 4.78 is 0. The number of benzene rings is 1. The van der Waals surface area contributed by atoms with Gasteiger partial charge in [0, 0.05) is 18.1 Å². The molecule has 98 valence electrons. The van der Waals surface area contributed by atoms with Crippen molar-refractivity contribution in [3.8, 4) is 0 Å². The Morgan fingerprint density at radius 1 is 1.17 bits per heavy atom. The van der Waals surface area contributed by atoms with Crippen molar-refractivity contribution in [2.75, 3.05) is 6.54 Å². The summed E-state index contributed by atoms with van der Waals surface area (Å²) in [5.41, 5.74) is 9.39. The molecule has 2 aliphatic rings. The summed E-state index contributed by atoms with van der Waals surface area (Å²) >= 11 is 0. The van der Waals surface area contributed by atoms with Crippen LogP contribution in [0, 0.1) is 0 Å². The lowest BCUT2D eigenvalue weighted by atomic mass is 9.77. The molecule has 0 amide bonds. The fraction of sp³-hybridized carbons (Fsp3) is 0.625. The molecule has 1 saturated heterocycles. The number of likely N-dealkylation sites (tertiary alicyclic amines) is 1. The van der Waals surface area contributed by atoms with E-state index in [4.69, 9.17) is 5.73 Å². The van der Waals surface area contributed by atoms with Crippen molar-refractivity contribution in [1.29, 1.82) is 0 Å². The smallest absolute Gasteiger partial charge is 0.0456 e. The number of hydrogen-bond donors (Lipinski definition) is 1. The van der Waals surface area contributed by atoms with Crippen molar-refractivity contribution in [2.24, 2.45) is 5.73 Å². The maximum atomic E-state index is 6.55. The standard InChI is InChI=1S/C16H24N2/c1-11-10-15(18-9-5-6-12(18)2)16(17)14-8-4-3-7-13(11)14/h3-4,7-8,11-12,15-16H,5-6,9-10,17H2,1-2H3. The Kier molecular flexibility index (Phi) is 3.16. The molecule has 0 bridgehead atoms. The SMILES string of the molecule is CC1CC(N2CCCC2C)C(N)c2ccccc21. The third-order valence-corrected chi connectivity index (χ3v) is 4.93. The summed E-state index contributed by atoms with van der Waals surface area (Å²) in [5, 5.41) is 0. The lowest BCUT2D eigenvalue weighted by Gasteiger charge is -2.42. The molecule has 1 fully saturated rings. The first-order chi connectivity index (χ1) is 8.68. The van der Waals surface area contributed by atoms with Crippen LogP contribution in [0.1, 0.15) is 56.2 Å². The van der Waals surface area contributed by atoms with Gasteiger partial charge in [0.2, 0.25) is 0 Å². The molecule has 4 atom stereocenters. The molecule has 4 unspecified atom stereocenters. The molecular formula is C16H24N2. The molecule has 1 aromatic carbocycles. The van der Waals surface area contributed by atoms with Crippen LogP contribution in [0.5, 0.6) is 0 Å². The van der Waals surface area contributed by atoms with Gasteiger partial charge in [-0.05, 0) is 49.8 Å². The average molecular weight is 244 g/mol. The minimum atomic E-state index is 0.193. The van der Waals surface area contributed by atoms with Gasteiger partial charge in [0.05, 0.1) is 0 Å². The van der Waals surface area contributed by atoms with E-state index in [9.17, 15) is 0 Å². The highest BCUT2D eigenvalue weighted by atomic mass is 15.2. The zero-order valence-corrected chi connectivity index (χ0v) is 11.5. The van der Waals surface area contributed by atoms with Crippen molar-refractivity contribution in [2.45, 2.75) is 57.2 Å². The van der Waals surface area contributed by atoms with E-state index in [-0.39, 0.29) is 6.04 Å². The predicted molar refractivity (Wildman–Crippen MR) is 75.6 cm³/mol. The fourth-order valence-corrected chi connectivity index (χ4v) is 3.90. The second-order valence-corrected chi connectivity index (χ2v) is 6.09. The van der Waals surface area contributed by atoms with Gasteiger partial charge < -0.3 is 5.73 Å². The largest absolute Gasteiger partial charge is 0.323 e. The van der Waals surface area contributed by atoms with Gasteiger partial charge in [0.25, 0.3) is 0 Å². The summed E-state index contributed by atoms with van der Waals surface area (Å²) in [6, 6.07) is 10.2. The van der Waals surface area contributed by atoms with Gasteiger partial charge in [-0.15, -0.1) is 0 Å². The van der Waals surface area contributed by atoms with Crippen LogP contribution in [-0.2, 0) is 0 Å². The average Bonchev–Trinajstić information content (AvgIpc) is 2.80. The first-order valence-corrected chi connectivity index (χ1v) is 7.28. The van der Waals surface area contributed by atoms with E-state index in [1.165, 1.54) is 36.9 Å². The topological polar surface area (TPSA) is 29.3 Å². The van der Waals surface area contributed by atoms with E-state index in [2.05, 4.69) is 43.0 Å². The van der Waals surface area contributed by atoms with E-state index in [1.807, 2.05) is 0 Å². The van der Waals surface area contributed by atoms with Crippen molar-refractivity contribution in [3.05, 3.63) is 35.4 Å². The Balaban J connectivity index is 1.92. The molecule has 1 aliphatic carbocycles. The van der Waals surface area contributed by atoms with Crippen LogP contribution in [0.3, 0.4) is 0 Å². The van der Waals surface area contributed by atoms with Gasteiger partial charge >= 0.3 is 0 Å². The lowest BCUT2D eigenvalue weighted by Crippen LogP contribution is -2.47. The van der Waals surface area contributed by atoms with Crippen LogP contribution < -0.4 is 5.73 Å². The maximum Gasteiger partial charge on any atom is 0.0456 e. The fourth-order valence-electron chi connectivity index (χ4n) is 3.90. The zero-order valence-electron chi connectivity index (χ0n) is 11.5. The molecule has 0 radical (unpaired) electrons. The predicted octanol–water partition coefficient (Wildman–Crippen LogP) is 3.05. The summed E-state index contributed by atoms with van der Waals surface area (Å²) in [7, 11) is 0. The number of fused-ring (bicyclic) bond motifs is 1. The summed E-state index contributed by atoms with van der Waals surface area (Å²) in [5.74, 6) is 0.638. The Morgan fingerprint density at radius 2 is 1.89 bits per heavy atom. The van der Waals surface area contributed by atoms with Crippen LogP contribution in [0.25, 0.3) is 0 Å². The Bertz CT molecular complexity index is 429. The van der Waals surface area contributed by atoms with E-state index >= 15 is 0 Å². The summed E-state index contributed by atoms with van der Waals surface area (Å²) in [6.45, 7) is 5.93. The van der Waals surface area contributed by atoms with Crippen molar-refractivity contribution < 1.29 is 0 Å². The first-order valence-electron chi connectivity index (χ1n) is 7.28. The molecule has 0 aromatic heterocycles. The Labute approximate surface area is 110 Å². The van der Waals surface area contributed by atoms with Crippen LogP contribution in [0.4, 0.5) is 0 Å². The molecular weight excluding hydrogens is 220 g/mol. The molecule has 1 aromatic rings. The van der Waals surface area contributed by atoms with Crippen LogP contribution in [0.2, 0.25) is 0 Å². The summed E-state index contributed by atoms with van der Waals surface area (Å²) in [6.07, 6.45) is 3.88. The number of hydrogen-bond acceptors (Lipinski definition) is 2. The van der Waals surface area contributed by atoms with Gasteiger partial charge in [-0.2, -0.15) is 0 Å².